The van der Waals surface area contributed by atoms with Crippen molar-refractivity contribution >= 4 is 15.9 Å². The van der Waals surface area contributed by atoms with Gasteiger partial charge in [0.25, 0.3) is 5.56 Å². The molecule has 0 atom stereocenters. The van der Waals surface area contributed by atoms with Gasteiger partial charge >= 0.3 is 0 Å². The number of aromatic nitrogens is 2. The summed E-state index contributed by atoms with van der Waals surface area (Å²) in [6.45, 7) is 3.28. The van der Waals surface area contributed by atoms with Crippen molar-refractivity contribution in [3.8, 4) is 5.75 Å². The van der Waals surface area contributed by atoms with Gasteiger partial charge in [0.2, 0.25) is 0 Å². The Kier molecular flexibility index (Phi) is 3.91. The van der Waals surface area contributed by atoms with Crippen LogP contribution in [0.5, 0.6) is 5.75 Å². The highest BCUT2D eigenvalue weighted by molar-refractivity contribution is 9.10. The van der Waals surface area contributed by atoms with Gasteiger partial charge < -0.3 is 4.74 Å². The molecule has 1 heterocycles. The predicted octanol–water partition coefficient (Wildman–Crippen LogP) is 2.49. The molecule has 0 radical (unpaired) electrons. The number of methoxy groups -OCH3 is 1. The van der Waals surface area contributed by atoms with E-state index >= 15 is 0 Å². The molecule has 96 valence electrons. The summed E-state index contributed by atoms with van der Waals surface area (Å²) in [5.41, 5.74) is 0.984. The van der Waals surface area contributed by atoms with Crippen molar-refractivity contribution in [2.24, 2.45) is 0 Å². The van der Waals surface area contributed by atoms with E-state index in [0.717, 1.165) is 22.3 Å². The average molecular weight is 311 g/mol. The van der Waals surface area contributed by atoms with Gasteiger partial charge in [-0.1, -0.05) is 22.0 Å². The van der Waals surface area contributed by atoms with Gasteiger partial charge in [-0.2, -0.15) is 0 Å². The first-order valence-corrected chi connectivity index (χ1v) is 6.53. The van der Waals surface area contributed by atoms with Crippen molar-refractivity contribution in [2.45, 2.75) is 20.0 Å². The first-order valence-electron chi connectivity index (χ1n) is 5.74. The van der Waals surface area contributed by atoms with Crippen molar-refractivity contribution in [2.75, 3.05) is 7.11 Å². The van der Waals surface area contributed by atoms with E-state index in [9.17, 15) is 4.79 Å². The Morgan fingerprint density at radius 1 is 1.33 bits per heavy atom. The van der Waals surface area contributed by atoms with E-state index < -0.39 is 0 Å². The first-order chi connectivity index (χ1) is 8.65. The van der Waals surface area contributed by atoms with Crippen LogP contribution in [-0.2, 0) is 13.1 Å². The van der Waals surface area contributed by atoms with E-state index in [0.29, 0.717) is 6.54 Å². The molecule has 0 aliphatic rings. The molecule has 0 spiro atoms. The Labute approximate surface area is 114 Å². The molecular weight excluding hydrogens is 296 g/mol. The van der Waals surface area contributed by atoms with Gasteiger partial charge in [0.1, 0.15) is 5.75 Å². The monoisotopic (exact) mass is 310 g/mol. The Morgan fingerprint density at radius 3 is 2.78 bits per heavy atom. The third-order valence-corrected chi connectivity index (χ3v) is 3.34. The van der Waals surface area contributed by atoms with Gasteiger partial charge in [0, 0.05) is 28.8 Å². The second kappa shape index (κ2) is 5.44. The van der Waals surface area contributed by atoms with E-state index in [4.69, 9.17) is 4.74 Å². The summed E-state index contributed by atoms with van der Waals surface area (Å²) in [6, 6.07) is 7.39. The molecule has 0 aliphatic heterocycles. The summed E-state index contributed by atoms with van der Waals surface area (Å²) in [7, 11) is 1.63. The topological polar surface area (TPSA) is 36.2 Å². The fourth-order valence-electron chi connectivity index (χ4n) is 1.90. The van der Waals surface area contributed by atoms with Gasteiger partial charge in [-0.25, -0.2) is 4.68 Å². The van der Waals surface area contributed by atoms with Crippen LogP contribution in [0.15, 0.2) is 39.7 Å². The van der Waals surface area contributed by atoms with Crippen LogP contribution in [0.1, 0.15) is 12.5 Å². The zero-order chi connectivity index (χ0) is 13.1. The smallest absolute Gasteiger partial charge is 0.266 e. The highest BCUT2D eigenvalue weighted by Crippen LogP contribution is 2.23. The summed E-state index contributed by atoms with van der Waals surface area (Å²) in [5.74, 6) is 0.778. The Bertz CT molecular complexity index is 601. The molecule has 1 aromatic heterocycles. The van der Waals surface area contributed by atoms with E-state index in [1.54, 1.807) is 24.1 Å². The van der Waals surface area contributed by atoms with E-state index in [2.05, 4.69) is 15.9 Å². The largest absolute Gasteiger partial charge is 0.496 e. The predicted molar refractivity (Wildman–Crippen MR) is 74.2 cm³/mol. The Balaban J connectivity index is 2.39. The highest BCUT2D eigenvalue weighted by atomic mass is 79.9. The van der Waals surface area contributed by atoms with Gasteiger partial charge in [0.05, 0.1) is 13.7 Å². The number of hydrogen-bond donors (Lipinski definition) is 0. The lowest BCUT2D eigenvalue weighted by Crippen LogP contribution is -2.23. The maximum Gasteiger partial charge on any atom is 0.266 e. The second-order valence-corrected chi connectivity index (χ2v) is 4.84. The molecule has 0 saturated heterocycles. The zero-order valence-corrected chi connectivity index (χ0v) is 12.0. The van der Waals surface area contributed by atoms with Crippen molar-refractivity contribution in [1.82, 2.24) is 9.36 Å². The quantitative estimate of drug-likeness (QED) is 0.870. The van der Waals surface area contributed by atoms with Crippen LogP contribution < -0.4 is 10.3 Å². The number of ether oxygens (including phenoxy) is 1. The van der Waals surface area contributed by atoms with Gasteiger partial charge in [-0.05, 0) is 19.1 Å². The van der Waals surface area contributed by atoms with Crippen LogP contribution in [0.4, 0.5) is 0 Å². The first kappa shape index (κ1) is 13.0. The van der Waals surface area contributed by atoms with Crippen molar-refractivity contribution in [3.63, 3.8) is 0 Å². The maximum absolute atomic E-state index is 11.8. The van der Waals surface area contributed by atoms with Crippen LogP contribution in [0.3, 0.4) is 0 Å². The lowest BCUT2D eigenvalue weighted by molar-refractivity contribution is 0.402. The van der Waals surface area contributed by atoms with Crippen LogP contribution >= 0.6 is 15.9 Å². The van der Waals surface area contributed by atoms with Crippen molar-refractivity contribution < 1.29 is 4.74 Å². The number of rotatable bonds is 4. The van der Waals surface area contributed by atoms with Crippen LogP contribution in [0.25, 0.3) is 0 Å². The number of halogens is 1. The van der Waals surface area contributed by atoms with E-state index in [-0.39, 0.29) is 5.56 Å². The lowest BCUT2D eigenvalue weighted by Gasteiger charge is -2.13. The standard InChI is InChI=1S/C13H15BrN2O2/c1-3-15-7-6-13(17)16(15)9-10-4-5-11(14)8-12(10)18-2/h4-8H,3,9H2,1-2H3. The summed E-state index contributed by atoms with van der Waals surface area (Å²) in [5, 5.41) is 0. The molecule has 2 aromatic rings. The number of hydrogen-bond acceptors (Lipinski definition) is 2. The molecule has 0 saturated carbocycles. The van der Waals surface area contributed by atoms with Gasteiger partial charge in [-0.15, -0.1) is 0 Å². The van der Waals surface area contributed by atoms with Gasteiger partial charge in [0.15, 0.2) is 0 Å². The van der Waals surface area contributed by atoms with Crippen molar-refractivity contribution in [3.05, 3.63) is 50.9 Å². The molecule has 4 nitrogen and oxygen atoms in total. The number of nitrogens with zero attached hydrogens (tertiary/aromatic N) is 2. The second-order valence-electron chi connectivity index (χ2n) is 3.92. The molecule has 18 heavy (non-hydrogen) atoms. The molecule has 0 aliphatic carbocycles. The van der Waals surface area contributed by atoms with Crippen LogP contribution in [0.2, 0.25) is 0 Å². The molecule has 0 unspecified atom stereocenters. The third-order valence-electron chi connectivity index (χ3n) is 2.85. The third kappa shape index (κ3) is 2.51. The maximum atomic E-state index is 11.8. The summed E-state index contributed by atoms with van der Waals surface area (Å²) >= 11 is 3.40. The molecule has 0 bridgehead atoms. The molecule has 2 rings (SSSR count). The summed E-state index contributed by atoms with van der Waals surface area (Å²) < 4.78 is 9.89. The number of benzene rings is 1. The van der Waals surface area contributed by atoms with Crippen molar-refractivity contribution in [1.29, 1.82) is 0 Å². The zero-order valence-electron chi connectivity index (χ0n) is 10.4. The highest BCUT2D eigenvalue weighted by Gasteiger charge is 2.08. The van der Waals surface area contributed by atoms with Crippen LogP contribution in [-0.4, -0.2) is 16.5 Å². The van der Waals surface area contributed by atoms with Crippen LogP contribution in [0, 0.1) is 0 Å². The molecule has 0 N–H and O–H groups in total. The average Bonchev–Trinajstić information content (AvgIpc) is 2.72. The van der Waals surface area contributed by atoms with E-state index in [1.807, 2.05) is 29.8 Å². The fraction of sp³-hybridized carbons (Fsp3) is 0.308. The van der Waals surface area contributed by atoms with E-state index in [1.165, 1.54) is 0 Å². The number of aryl methyl sites for hydroxylation is 1. The summed E-state index contributed by atoms with van der Waals surface area (Å²) in [4.78, 5) is 11.8. The molecule has 0 fully saturated rings. The minimum Gasteiger partial charge on any atom is -0.496 e. The molecule has 1 aromatic carbocycles. The summed E-state index contributed by atoms with van der Waals surface area (Å²) in [6.07, 6.45) is 1.80. The SMILES string of the molecule is CCn1ccc(=O)n1Cc1ccc(Br)cc1OC. The van der Waals surface area contributed by atoms with Gasteiger partial charge in [-0.3, -0.25) is 9.48 Å². The molecule has 5 heteroatoms. The molecular formula is C13H15BrN2O2. The fourth-order valence-corrected chi connectivity index (χ4v) is 2.24. The minimum absolute atomic E-state index is 0.00169. The minimum atomic E-state index is 0.00169. The molecule has 0 amide bonds. The normalized spacial score (nSPS) is 10.6. The Hall–Kier alpha value is -1.49. The lowest BCUT2D eigenvalue weighted by atomic mass is 10.2. The Morgan fingerprint density at radius 2 is 2.11 bits per heavy atom.